The van der Waals surface area contributed by atoms with E-state index in [9.17, 15) is 13.2 Å². The summed E-state index contributed by atoms with van der Waals surface area (Å²) < 4.78 is 24.2. The van der Waals surface area contributed by atoms with E-state index in [0.29, 0.717) is 25.1 Å². The maximum absolute atomic E-state index is 12.6. The minimum Gasteiger partial charge on any atom is -0.344 e. The van der Waals surface area contributed by atoms with Gasteiger partial charge < -0.3 is 20.0 Å². The molecule has 0 spiro atoms. The molecule has 22 heavy (non-hydrogen) atoms. The van der Waals surface area contributed by atoms with Crippen molar-refractivity contribution < 1.29 is 13.2 Å². The van der Waals surface area contributed by atoms with Gasteiger partial charge in [0.1, 0.15) is 5.70 Å². The third-order valence-electron chi connectivity index (χ3n) is 4.50. The summed E-state index contributed by atoms with van der Waals surface area (Å²) in [6.07, 6.45) is 4.95. The van der Waals surface area contributed by atoms with Gasteiger partial charge in [-0.05, 0) is 25.9 Å². The second kappa shape index (κ2) is 5.71. The number of sulfonamides is 1. The van der Waals surface area contributed by atoms with Crippen LogP contribution in [0.2, 0.25) is 0 Å². The normalized spacial score (nSPS) is 23.5. The van der Waals surface area contributed by atoms with Gasteiger partial charge in [-0.15, -0.1) is 0 Å². The molecule has 8 nitrogen and oxygen atoms in total. The Bertz CT molecular complexity index is 584. The zero-order chi connectivity index (χ0) is 15.9. The highest BCUT2D eigenvalue weighted by Crippen LogP contribution is 2.28. The molecule has 0 aromatic heterocycles. The Morgan fingerprint density at radius 1 is 1.32 bits per heavy atom. The van der Waals surface area contributed by atoms with Crippen LogP contribution in [0.3, 0.4) is 0 Å². The molecule has 3 heterocycles. The highest BCUT2D eigenvalue weighted by Gasteiger charge is 2.40. The Balaban J connectivity index is 1.65. The van der Waals surface area contributed by atoms with Crippen molar-refractivity contribution in [1.82, 2.24) is 24.3 Å². The second-order valence-corrected chi connectivity index (χ2v) is 8.27. The topological polar surface area (TPSA) is 76.2 Å². The van der Waals surface area contributed by atoms with Crippen molar-refractivity contribution in [3.05, 3.63) is 11.9 Å². The summed E-state index contributed by atoms with van der Waals surface area (Å²) in [5, 5.41) is 3.31. The predicted octanol–water partition coefficient (Wildman–Crippen LogP) is -1.20. The van der Waals surface area contributed by atoms with Gasteiger partial charge in [0.25, 0.3) is 5.91 Å². The van der Waals surface area contributed by atoms with Crippen LogP contribution in [0.5, 0.6) is 0 Å². The molecule has 0 bridgehead atoms. The molecule has 0 aromatic rings. The minimum absolute atomic E-state index is 0.0661. The fourth-order valence-electron chi connectivity index (χ4n) is 3.14. The van der Waals surface area contributed by atoms with Crippen LogP contribution in [-0.4, -0.2) is 85.8 Å². The minimum atomic E-state index is -3.21. The first-order valence-electron chi connectivity index (χ1n) is 7.50. The van der Waals surface area contributed by atoms with E-state index in [1.807, 2.05) is 14.7 Å². The van der Waals surface area contributed by atoms with Crippen LogP contribution >= 0.6 is 0 Å². The number of hydrogen-bond acceptors (Lipinski definition) is 6. The average molecular weight is 329 g/mol. The van der Waals surface area contributed by atoms with Crippen LogP contribution in [-0.2, 0) is 14.8 Å². The Labute approximate surface area is 131 Å². The number of carbonyl (C=O) groups is 1. The molecule has 0 radical (unpaired) electrons. The number of nitrogens with one attached hydrogen (secondary N) is 1. The van der Waals surface area contributed by atoms with Gasteiger partial charge in [-0.25, -0.2) is 8.42 Å². The molecular weight excluding hydrogens is 306 g/mol. The van der Waals surface area contributed by atoms with E-state index in [-0.39, 0.29) is 12.6 Å². The molecule has 124 valence electrons. The van der Waals surface area contributed by atoms with Crippen LogP contribution in [0.4, 0.5) is 0 Å². The van der Waals surface area contributed by atoms with Gasteiger partial charge in [0.2, 0.25) is 10.0 Å². The summed E-state index contributed by atoms with van der Waals surface area (Å²) in [7, 11) is -1.67. The van der Waals surface area contributed by atoms with E-state index in [1.54, 1.807) is 13.2 Å². The summed E-state index contributed by atoms with van der Waals surface area (Å²) in [5.74, 6) is 0.0661. The van der Waals surface area contributed by atoms with Gasteiger partial charge >= 0.3 is 0 Å². The van der Waals surface area contributed by atoms with Crippen molar-refractivity contribution in [2.75, 3.05) is 46.4 Å². The maximum atomic E-state index is 12.6. The van der Waals surface area contributed by atoms with E-state index < -0.39 is 10.0 Å². The number of amides is 1. The zero-order valence-corrected chi connectivity index (χ0v) is 13.8. The molecule has 1 N–H and O–H groups in total. The smallest absolute Gasteiger partial charge is 0.273 e. The molecular formula is C13H23N5O3S. The van der Waals surface area contributed by atoms with Gasteiger partial charge in [-0.2, -0.15) is 4.31 Å². The van der Waals surface area contributed by atoms with Crippen molar-refractivity contribution in [1.29, 1.82) is 0 Å². The van der Waals surface area contributed by atoms with E-state index in [4.69, 9.17) is 0 Å². The molecule has 3 aliphatic heterocycles. The first-order valence-corrected chi connectivity index (χ1v) is 9.35. The lowest BCUT2D eigenvalue weighted by molar-refractivity contribution is -0.127. The SMILES string of the molecule is CN(CN1C=C2C(=O)N(C3CCNCC3)CN2C1)S(C)(=O)=O. The van der Waals surface area contributed by atoms with Crippen LogP contribution in [0.25, 0.3) is 0 Å². The molecule has 2 saturated heterocycles. The molecule has 9 heteroatoms. The lowest BCUT2D eigenvalue weighted by Crippen LogP contribution is -2.45. The predicted molar refractivity (Wildman–Crippen MR) is 81.7 cm³/mol. The van der Waals surface area contributed by atoms with Crippen LogP contribution in [0.15, 0.2) is 11.9 Å². The summed E-state index contributed by atoms with van der Waals surface area (Å²) in [6, 6.07) is 0.312. The molecule has 0 aromatic carbocycles. The fourth-order valence-corrected chi connectivity index (χ4v) is 3.50. The molecule has 1 amide bonds. The van der Waals surface area contributed by atoms with E-state index in [2.05, 4.69) is 5.32 Å². The van der Waals surface area contributed by atoms with Crippen molar-refractivity contribution in [3.63, 3.8) is 0 Å². The number of rotatable bonds is 4. The quantitative estimate of drug-likeness (QED) is 0.698. The Hall–Kier alpha value is -1.32. The molecule has 2 fully saturated rings. The average Bonchev–Trinajstić information content (AvgIpc) is 2.98. The third kappa shape index (κ3) is 2.92. The summed E-state index contributed by atoms with van der Waals surface area (Å²) in [5.41, 5.74) is 0.681. The van der Waals surface area contributed by atoms with Gasteiger partial charge in [-0.3, -0.25) is 4.79 Å². The number of piperidine rings is 1. The molecule has 3 rings (SSSR count). The first-order chi connectivity index (χ1) is 10.4. The summed E-state index contributed by atoms with van der Waals surface area (Å²) >= 11 is 0. The summed E-state index contributed by atoms with van der Waals surface area (Å²) in [4.78, 5) is 18.4. The fraction of sp³-hybridized carbons (Fsp3) is 0.769. The lowest BCUT2D eigenvalue weighted by atomic mass is 10.1. The molecule has 0 aliphatic carbocycles. The van der Waals surface area contributed by atoms with Crippen LogP contribution < -0.4 is 5.32 Å². The van der Waals surface area contributed by atoms with Crippen molar-refractivity contribution in [3.8, 4) is 0 Å². The van der Waals surface area contributed by atoms with Crippen molar-refractivity contribution >= 4 is 15.9 Å². The zero-order valence-electron chi connectivity index (χ0n) is 13.0. The van der Waals surface area contributed by atoms with Gasteiger partial charge in [-0.1, -0.05) is 0 Å². The number of nitrogens with zero attached hydrogens (tertiary/aromatic N) is 4. The van der Waals surface area contributed by atoms with Gasteiger partial charge in [0.05, 0.1) is 26.3 Å². The van der Waals surface area contributed by atoms with E-state index in [0.717, 1.165) is 25.9 Å². The third-order valence-corrected chi connectivity index (χ3v) is 5.75. The number of carbonyl (C=O) groups excluding carboxylic acids is 1. The lowest BCUT2D eigenvalue weighted by Gasteiger charge is -2.32. The van der Waals surface area contributed by atoms with Crippen molar-refractivity contribution in [2.24, 2.45) is 0 Å². The second-order valence-electron chi connectivity index (χ2n) is 6.18. The van der Waals surface area contributed by atoms with Gasteiger partial charge in [0, 0.05) is 19.3 Å². The van der Waals surface area contributed by atoms with E-state index in [1.165, 1.54) is 10.6 Å². The maximum Gasteiger partial charge on any atom is 0.273 e. The molecule has 0 saturated carbocycles. The molecule has 0 atom stereocenters. The van der Waals surface area contributed by atoms with E-state index >= 15 is 0 Å². The highest BCUT2D eigenvalue weighted by atomic mass is 32.2. The van der Waals surface area contributed by atoms with Crippen molar-refractivity contribution in [2.45, 2.75) is 18.9 Å². The summed E-state index contributed by atoms with van der Waals surface area (Å²) in [6.45, 7) is 3.34. The molecule has 3 aliphatic rings. The first kappa shape index (κ1) is 15.6. The number of fused-ring (bicyclic) bond motifs is 1. The Morgan fingerprint density at radius 3 is 2.59 bits per heavy atom. The van der Waals surface area contributed by atoms with Crippen LogP contribution in [0, 0.1) is 0 Å². The standard InChI is InChI=1S/C13H23N5O3S/c1-15(22(2,20)21)8-16-7-12-13(19)18(10-17(12)9-16)11-3-5-14-6-4-11/h7,11,14H,3-6,8-10H2,1-2H3. The Kier molecular flexibility index (Phi) is 4.04. The Morgan fingerprint density at radius 2 is 2.00 bits per heavy atom. The van der Waals surface area contributed by atoms with Gasteiger partial charge in [0.15, 0.2) is 0 Å². The molecule has 0 unspecified atom stereocenters. The van der Waals surface area contributed by atoms with Crippen LogP contribution in [0.1, 0.15) is 12.8 Å². The largest absolute Gasteiger partial charge is 0.344 e. The monoisotopic (exact) mass is 329 g/mol. The number of hydrogen-bond donors (Lipinski definition) is 1. The highest BCUT2D eigenvalue weighted by molar-refractivity contribution is 7.88.